The van der Waals surface area contributed by atoms with Gasteiger partial charge in [-0.15, -0.1) is 0 Å². The van der Waals surface area contributed by atoms with Crippen LogP contribution in [0.2, 0.25) is 5.15 Å². The second-order valence-electron chi connectivity index (χ2n) is 6.37. The monoisotopic (exact) mass is 373 g/mol. The van der Waals surface area contributed by atoms with E-state index in [1.54, 1.807) is 6.07 Å². The van der Waals surface area contributed by atoms with Gasteiger partial charge in [-0.25, -0.2) is 4.98 Å². The summed E-state index contributed by atoms with van der Waals surface area (Å²) in [4.78, 5) is 20.9. The summed E-state index contributed by atoms with van der Waals surface area (Å²) in [6.45, 7) is 3.21. The lowest BCUT2D eigenvalue weighted by Gasteiger charge is -2.35. The largest absolute Gasteiger partial charge is 0.454 e. The average molecular weight is 374 g/mol. The van der Waals surface area contributed by atoms with Gasteiger partial charge < -0.3 is 19.3 Å². The van der Waals surface area contributed by atoms with Crippen LogP contribution in [0.25, 0.3) is 0 Å². The van der Waals surface area contributed by atoms with E-state index in [-0.39, 0.29) is 12.7 Å². The molecule has 0 saturated carbocycles. The molecular weight excluding hydrogens is 354 g/mol. The quantitative estimate of drug-likeness (QED) is 0.771. The van der Waals surface area contributed by atoms with Crippen molar-refractivity contribution in [3.8, 4) is 11.5 Å². The van der Waals surface area contributed by atoms with Crippen molar-refractivity contribution in [2.75, 3.05) is 37.9 Å². The lowest BCUT2D eigenvalue weighted by atomic mass is 10.1. The second kappa shape index (κ2) is 7.41. The van der Waals surface area contributed by atoms with Gasteiger partial charge in [0.05, 0.1) is 0 Å². The molecule has 0 unspecified atom stereocenters. The van der Waals surface area contributed by atoms with E-state index in [9.17, 15) is 4.79 Å². The van der Waals surface area contributed by atoms with Gasteiger partial charge in [0.1, 0.15) is 11.0 Å². The Bertz CT molecular complexity index is 806. The zero-order valence-corrected chi connectivity index (χ0v) is 15.1. The number of carbonyl (C=O) groups excluding carboxylic acids is 1. The number of nitrogens with zero attached hydrogens (tertiary/aromatic N) is 3. The van der Waals surface area contributed by atoms with E-state index in [2.05, 4.69) is 9.88 Å². The molecule has 1 fully saturated rings. The molecule has 0 spiro atoms. The number of aromatic nitrogens is 1. The highest BCUT2D eigenvalue weighted by molar-refractivity contribution is 6.29. The number of hydrogen-bond acceptors (Lipinski definition) is 5. The Balaban J connectivity index is 1.28. The number of carbonyl (C=O) groups is 1. The lowest BCUT2D eigenvalue weighted by molar-refractivity contribution is -0.131. The molecule has 0 atom stereocenters. The van der Waals surface area contributed by atoms with E-state index in [4.69, 9.17) is 21.1 Å². The molecule has 1 aromatic carbocycles. The Morgan fingerprint density at radius 3 is 2.69 bits per heavy atom. The standard InChI is InChI=1S/C19H20ClN3O3/c20-17-2-1-3-18(21-17)22-8-10-23(11-9-22)19(24)7-5-14-4-6-15-16(12-14)26-13-25-15/h1-4,6,12H,5,7-11,13H2. The Labute approximate surface area is 157 Å². The van der Waals surface area contributed by atoms with Crippen molar-refractivity contribution in [2.24, 2.45) is 0 Å². The molecule has 2 aliphatic heterocycles. The van der Waals surface area contributed by atoms with Crippen molar-refractivity contribution < 1.29 is 14.3 Å². The Hall–Kier alpha value is -2.47. The molecule has 136 valence electrons. The minimum atomic E-state index is 0.182. The first-order valence-electron chi connectivity index (χ1n) is 8.73. The van der Waals surface area contributed by atoms with Crippen LogP contribution in [-0.2, 0) is 11.2 Å². The molecule has 0 N–H and O–H groups in total. The van der Waals surface area contributed by atoms with Crippen LogP contribution in [0, 0.1) is 0 Å². The first kappa shape index (κ1) is 17.0. The van der Waals surface area contributed by atoms with E-state index in [0.717, 1.165) is 36.0 Å². The van der Waals surface area contributed by atoms with Gasteiger partial charge in [-0.3, -0.25) is 4.79 Å². The van der Waals surface area contributed by atoms with E-state index >= 15 is 0 Å². The van der Waals surface area contributed by atoms with Crippen LogP contribution in [0.4, 0.5) is 5.82 Å². The van der Waals surface area contributed by atoms with Gasteiger partial charge in [0.15, 0.2) is 11.5 Å². The van der Waals surface area contributed by atoms with Crippen LogP contribution in [-0.4, -0.2) is 48.8 Å². The predicted molar refractivity (Wildman–Crippen MR) is 98.9 cm³/mol. The third kappa shape index (κ3) is 3.70. The van der Waals surface area contributed by atoms with E-state index in [1.165, 1.54) is 0 Å². The van der Waals surface area contributed by atoms with Crippen molar-refractivity contribution in [3.63, 3.8) is 0 Å². The zero-order chi connectivity index (χ0) is 17.9. The number of halogens is 1. The average Bonchev–Trinajstić information content (AvgIpc) is 3.14. The second-order valence-corrected chi connectivity index (χ2v) is 6.76. The van der Waals surface area contributed by atoms with Gasteiger partial charge in [0.25, 0.3) is 0 Å². The predicted octanol–water partition coefficient (Wildman–Crippen LogP) is 2.75. The summed E-state index contributed by atoms with van der Waals surface area (Å²) in [6.07, 6.45) is 1.20. The van der Waals surface area contributed by atoms with Gasteiger partial charge in [-0.05, 0) is 36.2 Å². The molecular formula is C19H20ClN3O3. The molecule has 26 heavy (non-hydrogen) atoms. The maximum atomic E-state index is 12.5. The van der Waals surface area contributed by atoms with Crippen LogP contribution in [0.5, 0.6) is 11.5 Å². The van der Waals surface area contributed by atoms with Crippen LogP contribution in [0.1, 0.15) is 12.0 Å². The molecule has 1 amide bonds. The molecule has 7 heteroatoms. The molecule has 2 aliphatic rings. The highest BCUT2D eigenvalue weighted by atomic mass is 35.5. The maximum Gasteiger partial charge on any atom is 0.231 e. The van der Waals surface area contributed by atoms with E-state index < -0.39 is 0 Å². The fourth-order valence-electron chi connectivity index (χ4n) is 3.26. The first-order valence-corrected chi connectivity index (χ1v) is 9.11. The SMILES string of the molecule is O=C(CCc1ccc2c(c1)OCO2)N1CCN(c2cccc(Cl)n2)CC1. The summed E-state index contributed by atoms with van der Waals surface area (Å²) in [5.41, 5.74) is 1.09. The van der Waals surface area contributed by atoms with Gasteiger partial charge in [0, 0.05) is 32.6 Å². The number of aryl methyl sites for hydroxylation is 1. The van der Waals surface area contributed by atoms with E-state index in [0.29, 0.717) is 31.1 Å². The van der Waals surface area contributed by atoms with Crippen molar-refractivity contribution in [1.82, 2.24) is 9.88 Å². The Morgan fingerprint density at radius 2 is 1.88 bits per heavy atom. The Morgan fingerprint density at radius 1 is 1.08 bits per heavy atom. The van der Waals surface area contributed by atoms with Crippen LogP contribution < -0.4 is 14.4 Å². The maximum absolute atomic E-state index is 12.5. The summed E-state index contributed by atoms with van der Waals surface area (Å²) >= 11 is 5.96. The number of benzene rings is 1. The van der Waals surface area contributed by atoms with Crippen LogP contribution in [0.15, 0.2) is 36.4 Å². The molecule has 1 aromatic heterocycles. The zero-order valence-electron chi connectivity index (χ0n) is 14.4. The van der Waals surface area contributed by atoms with Crippen molar-refractivity contribution >= 4 is 23.3 Å². The number of amides is 1. The van der Waals surface area contributed by atoms with Crippen molar-refractivity contribution in [1.29, 1.82) is 0 Å². The lowest BCUT2D eigenvalue weighted by Crippen LogP contribution is -2.49. The smallest absolute Gasteiger partial charge is 0.231 e. The number of rotatable bonds is 4. The van der Waals surface area contributed by atoms with E-state index in [1.807, 2.05) is 35.2 Å². The third-order valence-corrected chi connectivity index (χ3v) is 4.93. The fraction of sp³-hybridized carbons (Fsp3) is 0.368. The topological polar surface area (TPSA) is 54.9 Å². The highest BCUT2D eigenvalue weighted by Crippen LogP contribution is 2.32. The van der Waals surface area contributed by atoms with Gasteiger partial charge in [-0.2, -0.15) is 0 Å². The molecule has 0 aliphatic carbocycles. The number of anilines is 1. The number of pyridine rings is 1. The number of piperazine rings is 1. The van der Waals surface area contributed by atoms with Crippen molar-refractivity contribution in [2.45, 2.75) is 12.8 Å². The van der Waals surface area contributed by atoms with Gasteiger partial charge in [0.2, 0.25) is 12.7 Å². The third-order valence-electron chi connectivity index (χ3n) is 4.72. The molecule has 0 radical (unpaired) electrons. The van der Waals surface area contributed by atoms with Gasteiger partial charge >= 0.3 is 0 Å². The summed E-state index contributed by atoms with van der Waals surface area (Å²) in [5, 5.41) is 0.490. The molecule has 3 heterocycles. The van der Waals surface area contributed by atoms with Gasteiger partial charge in [-0.1, -0.05) is 23.7 Å². The Kier molecular flexibility index (Phi) is 4.84. The number of ether oxygens (including phenoxy) is 2. The molecule has 1 saturated heterocycles. The molecule has 6 nitrogen and oxygen atoms in total. The fourth-order valence-corrected chi connectivity index (χ4v) is 3.42. The summed E-state index contributed by atoms with van der Waals surface area (Å²) < 4.78 is 10.7. The summed E-state index contributed by atoms with van der Waals surface area (Å²) in [6, 6.07) is 11.5. The molecule has 4 rings (SSSR count). The first-order chi connectivity index (χ1) is 12.7. The number of hydrogen-bond donors (Lipinski definition) is 0. The summed E-state index contributed by atoms with van der Waals surface area (Å²) in [5.74, 6) is 2.58. The minimum Gasteiger partial charge on any atom is -0.454 e. The number of fused-ring (bicyclic) bond motifs is 1. The molecule has 0 bridgehead atoms. The highest BCUT2D eigenvalue weighted by Gasteiger charge is 2.22. The molecule has 2 aromatic rings. The van der Waals surface area contributed by atoms with Crippen LogP contribution in [0.3, 0.4) is 0 Å². The minimum absolute atomic E-state index is 0.182. The van der Waals surface area contributed by atoms with Crippen molar-refractivity contribution in [3.05, 3.63) is 47.1 Å². The van der Waals surface area contributed by atoms with Crippen LogP contribution >= 0.6 is 11.6 Å². The normalized spacial score (nSPS) is 16.0. The summed E-state index contributed by atoms with van der Waals surface area (Å²) in [7, 11) is 0.